The molecular formula is C17H21BrClN3OS. The third-order valence-electron chi connectivity index (χ3n) is 4.24. The highest BCUT2D eigenvalue weighted by Crippen LogP contribution is 2.28. The maximum absolute atomic E-state index is 12.3. The van der Waals surface area contributed by atoms with Gasteiger partial charge in [0.15, 0.2) is 0 Å². The molecule has 0 spiro atoms. The van der Waals surface area contributed by atoms with Gasteiger partial charge in [-0.3, -0.25) is 4.79 Å². The summed E-state index contributed by atoms with van der Waals surface area (Å²) in [7, 11) is 0. The molecule has 3 unspecified atom stereocenters. The molecule has 0 saturated heterocycles. The zero-order valence-corrected chi connectivity index (χ0v) is 16.6. The Labute approximate surface area is 160 Å². The molecule has 0 aliphatic heterocycles. The van der Waals surface area contributed by atoms with Crippen LogP contribution in [0.15, 0.2) is 34.1 Å². The zero-order valence-electron chi connectivity index (χ0n) is 13.4. The second-order valence-electron chi connectivity index (χ2n) is 6.08. The molecule has 130 valence electrons. The minimum Gasteiger partial charge on any atom is -0.347 e. The van der Waals surface area contributed by atoms with Gasteiger partial charge in [-0.05, 0) is 38.3 Å². The van der Waals surface area contributed by atoms with Gasteiger partial charge in [0, 0.05) is 27.4 Å². The van der Waals surface area contributed by atoms with Gasteiger partial charge < -0.3 is 11.1 Å². The summed E-state index contributed by atoms with van der Waals surface area (Å²) in [5.74, 6) is 0.157. The predicted octanol–water partition coefficient (Wildman–Crippen LogP) is 4.30. The molecule has 1 saturated carbocycles. The van der Waals surface area contributed by atoms with Gasteiger partial charge in [0.1, 0.15) is 5.01 Å². The lowest BCUT2D eigenvalue weighted by Crippen LogP contribution is -2.32. The van der Waals surface area contributed by atoms with Crippen LogP contribution in [0.3, 0.4) is 0 Å². The molecule has 0 bridgehead atoms. The highest BCUT2D eigenvalue weighted by molar-refractivity contribution is 9.10. The van der Waals surface area contributed by atoms with Crippen LogP contribution in [-0.2, 0) is 4.79 Å². The van der Waals surface area contributed by atoms with E-state index < -0.39 is 0 Å². The minimum atomic E-state index is -0.0754. The number of thiazole rings is 1. The molecule has 0 radical (unpaired) electrons. The fourth-order valence-electron chi connectivity index (χ4n) is 2.89. The average molecular weight is 431 g/mol. The molecule has 1 aliphatic rings. The van der Waals surface area contributed by atoms with Crippen LogP contribution in [0.1, 0.15) is 37.2 Å². The minimum absolute atomic E-state index is 0. The van der Waals surface area contributed by atoms with Crippen molar-refractivity contribution in [2.75, 3.05) is 0 Å². The lowest BCUT2D eigenvalue weighted by Gasteiger charge is -2.15. The highest BCUT2D eigenvalue weighted by atomic mass is 79.9. The third kappa shape index (κ3) is 4.57. The fraction of sp³-hybridized carbons (Fsp3) is 0.412. The molecule has 3 atom stereocenters. The molecule has 1 aromatic heterocycles. The van der Waals surface area contributed by atoms with Gasteiger partial charge in [-0.1, -0.05) is 28.1 Å². The second kappa shape index (κ2) is 8.43. The predicted molar refractivity (Wildman–Crippen MR) is 104 cm³/mol. The number of amides is 1. The van der Waals surface area contributed by atoms with Gasteiger partial charge in [0.25, 0.3) is 0 Å². The molecule has 4 nitrogen and oxygen atoms in total. The fourth-order valence-corrected chi connectivity index (χ4v) is 3.99. The number of nitrogens with zero attached hydrogens (tertiary/aromatic N) is 1. The number of halogens is 2. The molecular weight excluding hydrogens is 410 g/mol. The number of carbonyl (C=O) groups excluding carboxylic acids is 1. The van der Waals surface area contributed by atoms with Crippen molar-refractivity contribution in [3.8, 4) is 11.3 Å². The van der Waals surface area contributed by atoms with E-state index in [2.05, 4.69) is 26.2 Å². The van der Waals surface area contributed by atoms with Crippen molar-refractivity contribution in [2.45, 2.75) is 38.3 Å². The first-order valence-corrected chi connectivity index (χ1v) is 9.47. The van der Waals surface area contributed by atoms with E-state index in [0.29, 0.717) is 0 Å². The Morgan fingerprint density at radius 1 is 1.38 bits per heavy atom. The first-order valence-electron chi connectivity index (χ1n) is 7.80. The van der Waals surface area contributed by atoms with Crippen LogP contribution in [0, 0.1) is 5.92 Å². The summed E-state index contributed by atoms with van der Waals surface area (Å²) in [6, 6.07) is 8.17. The summed E-state index contributed by atoms with van der Waals surface area (Å²) >= 11 is 5.02. The Balaban J connectivity index is 0.00000208. The highest BCUT2D eigenvalue weighted by Gasteiger charge is 2.28. The normalized spacial score (nSPS) is 21.1. The van der Waals surface area contributed by atoms with Crippen LogP contribution in [0.2, 0.25) is 0 Å². The Kier molecular flexibility index (Phi) is 6.80. The van der Waals surface area contributed by atoms with Crippen LogP contribution in [0.25, 0.3) is 11.3 Å². The zero-order chi connectivity index (χ0) is 16.4. The van der Waals surface area contributed by atoms with Crippen molar-refractivity contribution in [1.29, 1.82) is 0 Å². The van der Waals surface area contributed by atoms with Crippen LogP contribution in [0.5, 0.6) is 0 Å². The standard InChI is InChI=1S/C17H20BrN3OS.ClH/c1-10(20-16(22)12-4-7-14(19)8-12)17-21-15(9-23-17)11-2-5-13(18)6-3-11;/h2-3,5-6,9-10,12,14H,4,7-8,19H2,1H3,(H,20,22);1H. The van der Waals surface area contributed by atoms with Gasteiger partial charge in [-0.25, -0.2) is 4.98 Å². The average Bonchev–Trinajstić information content (AvgIpc) is 3.17. The third-order valence-corrected chi connectivity index (χ3v) is 5.79. The molecule has 2 aromatic rings. The monoisotopic (exact) mass is 429 g/mol. The Morgan fingerprint density at radius 2 is 2.08 bits per heavy atom. The van der Waals surface area contributed by atoms with E-state index in [4.69, 9.17) is 5.73 Å². The van der Waals surface area contributed by atoms with Crippen molar-refractivity contribution in [3.05, 3.63) is 39.1 Å². The first-order chi connectivity index (χ1) is 11.0. The smallest absolute Gasteiger partial charge is 0.223 e. The first kappa shape index (κ1) is 19.4. The molecule has 1 amide bonds. The SMILES string of the molecule is CC(NC(=O)C1CCC(N)C1)c1nc(-c2ccc(Br)cc2)cs1.Cl. The largest absolute Gasteiger partial charge is 0.347 e. The van der Waals surface area contributed by atoms with Crippen molar-refractivity contribution in [1.82, 2.24) is 10.3 Å². The van der Waals surface area contributed by atoms with Crippen LogP contribution >= 0.6 is 39.7 Å². The van der Waals surface area contributed by atoms with E-state index in [1.165, 1.54) is 0 Å². The summed E-state index contributed by atoms with van der Waals surface area (Å²) < 4.78 is 1.05. The number of aromatic nitrogens is 1. The second-order valence-corrected chi connectivity index (χ2v) is 7.88. The van der Waals surface area contributed by atoms with Crippen molar-refractivity contribution >= 4 is 45.6 Å². The Morgan fingerprint density at radius 3 is 2.71 bits per heavy atom. The van der Waals surface area contributed by atoms with Crippen LogP contribution in [0.4, 0.5) is 0 Å². The molecule has 1 fully saturated rings. The summed E-state index contributed by atoms with van der Waals surface area (Å²) in [6.07, 6.45) is 2.62. The van der Waals surface area contributed by atoms with Gasteiger partial charge in [0.05, 0.1) is 11.7 Å². The number of benzene rings is 1. The Hall–Kier alpha value is -0.950. The number of rotatable bonds is 4. The van der Waals surface area contributed by atoms with E-state index >= 15 is 0 Å². The number of hydrogen-bond donors (Lipinski definition) is 2. The van der Waals surface area contributed by atoms with Gasteiger partial charge in [-0.2, -0.15) is 0 Å². The molecule has 24 heavy (non-hydrogen) atoms. The van der Waals surface area contributed by atoms with Gasteiger partial charge in [0.2, 0.25) is 5.91 Å². The number of nitrogens with one attached hydrogen (secondary N) is 1. The molecule has 1 aromatic carbocycles. The number of nitrogens with two attached hydrogens (primary N) is 1. The van der Waals surface area contributed by atoms with E-state index in [1.807, 2.05) is 36.6 Å². The topological polar surface area (TPSA) is 68.0 Å². The van der Waals surface area contributed by atoms with Crippen LogP contribution in [-0.4, -0.2) is 16.9 Å². The van der Waals surface area contributed by atoms with Crippen molar-refractivity contribution < 1.29 is 4.79 Å². The van der Waals surface area contributed by atoms with E-state index in [1.54, 1.807) is 11.3 Å². The molecule has 3 rings (SSSR count). The van der Waals surface area contributed by atoms with E-state index in [0.717, 1.165) is 40.0 Å². The Bertz CT molecular complexity index is 691. The lowest BCUT2D eigenvalue weighted by molar-refractivity contribution is -0.125. The molecule has 1 aliphatic carbocycles. The van der Waals surface area contributed by atoms with E-state index in [-0.39, 0.29) is 36.3 Å². The molecule has 7 heteroatoms. The summed E-state index contributed by atoms with van der Waals surface area (Å²) in [4.78, 5) is 17.0. The van der Waals surface area contributed by atoms with Crippen LogP contribution < -0.4 is 11.1 Å². The lowest BCUT2D eigenvalue weighted by atomic mass is 10.1. The maximum atomic E-state index is 12.3. The van der Waals surface area contributed by atoms with E-state index in [9.17, 15) is 4.79 Å². The van der Waals surface area contributed by atoms with Gasteiger partial charge in [-0.15, -0.1) is 23.7 Å². The van der Waals surface area contributed by atoms with Crippen molar-refractivity contribution in [3.63, 3.8) is 0 Å². The molecule has 1 heterocycles. The quantitative estimate of drug-likeness (QED) is 0.760. The number of hydrogen-bond acceptors (Lipinski definition) is 4. The van der Waals surface area contributed by atoms with Gasteiger partial charge >= 0.3 is 0 Å². The summed E-state index contributed by atoms with van der Waals surface area (Å²) in [5, 5.41) is 6.04. The number of carbonyl (C=O) groups is 1. The summed E-state index contributed by atoms with van der Waals surface area (Å²) in [6.45, 7) is 1.98. The summed E-state index contributed by atoms with van der Waals surface area (Å²) in [5.41, 5.74) is 7.91. The molecule has 3 N–H and O–H groups in total. The van der Waals surface area contributed by atoms with Crippen molar-refractivity contribution in [2.24, 2.45) is 11.7 Å². The maximum Gasteiger partial charge on any atom is 0.223 e.